The molecule has 1 aromatic carbocycles. The monoisotopic (exact) mass is 349 g/mol. The van der Waals surface area contributed by atoms with E-state index in [4.69, 9.17) is 0 Å². The number of nitrogens with zero attached hydrogens (tertiary/aromatic N) is 3. The molecular formula is C22H27N3O. The molecule has 0 spiro atoms. The molecule has 2 aromatic rings. The minimum Gasteiger partial charge on any atom is -0.335 e. The first-order valence-corrected chi connectivity index (χ1v) is 9.78. The summed E-state index contributed by atoms with van der Waals surface area (Å²) < 4.78 is 0. The molecule has 4 nitrogen and oxygen atoms in total. The highest BCUT2D eigenvalue weighted by Crippen LogP contribution is 2.34. The fraction of sp³-hybridized carbons (Fsp3) is 0.455. The number of hydrogen-bond donors (Lipinski definition) is 0. The highest BCUT2D eigenvalue weighted by molar-refractivity contribution is 5.80. The molecule has 0 bridgehead atoms. The maximum Gasteiger partial charge on any atom is 0.227 e. The van der Waals surface area contributed by atoms with Gasteiger partial charge in [-0.15, -0.1) is 0 Å². The second-order valence-electron chi connectivity index (χ2n) is 7.53. The van der Waals surface area contributed by atoms with Crippen LogP contribution in [0.15, 0.2) is 54.9 Å². The quantitative estimate of drug-likeness (QED) is 0.845. The Morgan fingerprint density at radius 3 is 2.58 bits per heavy atom. The van der Waals surface area contributed by atoms with Gasteiger partial charge in [0.25, 0.3) is 0 Å². The fourth-order valence-electron chi connectivity index (χ4n) is 4.44. The van der Waals surface area contributed by atoms with Crippen molar-refractivity contribution in [2.75, 3.05) is 19.6 Å². The Hall–Kier alpha value is -2.20. The largest absolute Gasteiger partial charge is 0.335 e. The van der Waals surface area contributed by atoms with E-state index < -0.39 is 0 Å². The van der Waals surface area contributed by atoms with Gasteiger partial charge in [0.2, 0.25) is 5.91 Å². The SMILES string of the molecule is O=C([C@H]1CCCN(Cc2ccccc2)C1)N1CCC[C@@H]1c1ccncc1. The molecule has 4 rings (SSSR count). The van der Waals surface area contributed by atoms with E-state index in [1.54, 1.807) is 0 Å². The van der Waals surface area contributed by atoms with Gasteiger partial charge >= 0.3 is 0 Å². The van der Waals surface area contributed by atoms with Crippen molar-refractivity contribution in [1.82, 2.24) is 14.8 Å². The standard InChI is InChI=1S/C22H27N3O/c26-22(25-15-5-9-21(25)19-10-12-23-13-11-19)20-8-4-14-24(17-20)16-18-6-2-1-3-7-18/h1-3,6-7,10-13,20-21H,4-5,8-9,14-17H2/t20-,21+/m0/s1. The van der Waals surface area contributed by atoms with Crippen LogP contribution in [0.25, 0.3) is 0 Å². The Bertz CT molecular complexity index is 719. The molecule has 0 saturated carbocycles. The van der Waals surface area contributed by atoms with Gasteiger partial charge in [-0.05, 0) is 55.5 Å². The second kappa shape index (κ2) is 8.00. The predicted octanol–water partition coefficient (Wildman–Crippen LogP) is 3.66. The van der Waals surface area contributed by atoms with Crippen LogP contribution in [-0.2, 0) is 11.3 Å². The van der Waals surface area contributed by atoms with Crippen LogP contribution in [0.2, 0.25) is 0 Å². The Kier molecular flexibility index (Phi) is 5.30. The lowest BCUT2D eigenvalue weighted by Gasteiger charge is -2.35. The van der Waals surface area contributed by atoms with E-state index in [2.05, 4.69) is 57.2 Å². The molecule has 4 heteroatoms. The Morgan fingerprint density at radius 2 is 1.77 bits per heavy atom. The molecule has 2 saturated heterocycles. The summed E-state index contributed by atoms with van der Waals surface area (Å²) in [4.78, 5) is 22.0. The third kappa shape index (κ3) is 3.80. The van der Waals surface area contributed by atoms with Crippen molar-refractivity contribution in [2.24, 2.45) is 5.92 Å². The van der Waals surface area contributed by atoms with Crippen molar-refractivity contribution >= 4 is 5.91 Å². The highest BCUT2D eigenvalue weighted by atomic mass is 16.2. The molecular weight excluding hydrogens is 322 g/mol. The summed E-state index contributed by atoms with van der Waals surface area (Å²) in [5.41, 5.74) is 2.55. The molecule has 2 aliphatic heterocycles. The third-order valence-electron chi connectivity index (χ3n) is 5.73. The zero-order valence-electron chi connectivity index (χ0n) is 15.3. The number of likely N-dealkylation sites (tertiary alicyclic amines) is 2. The van der Waals surface area contributed by atoms with Crippen molar-refractivity contribution in [1.29, 1.82) is 0 Å². The van der Waals surface area contributed by atoms with E-state index in [-0.39, 0.29) is 12.0 Å². The highest BCUT2D eigenvalue weighted by Gasteiger charge is 2.35. The summed E-state index contributed by atoms with van der Waals surface area (Å²) in [7, 11) is 0. The van der Waals surface area contributed by atoms with Gasteiger partial charge in [0.15, 0.2) is 0 Å². The van der Waals surface area contributed by atoms with Crippen molar-refractivity contribution in [2.45, 2.75) is 38.3 Å². The van der Waals surface area contributed by atoms with Crippen molar-refractivity contribution in [3.63, 3.8) is 0 Å². The molecule has 2 fully saturated rings. The number of amides is 1. The minimum atomic E-state index is 0.134. The number of carbonyl (C=O) groups is 1. The second-order valence-corrected chi connectivity index (χ2v) is 7.53. The number of aromatic nitrogens is 1. The van der Waals surface area contributed by atoms with E-state index in [1.807, 2.05) is 12.4 Å². The number of rotatable bonds is 4. The first-order valence-electron chi connectivity index (χ1n) is 9.78. The van der Waals surface area contributed by atoms with Gasteiger partial charge in [-0.25, -0.2) is 0 Å². The zero-order chi connectivity index (χ0) is 17.8. The Labute approximate surface area is 155 Å². The number of pyridine rings is 1. The number of hydrogen-bond acceptors (Lipinski definition) is 3. The van der Waals surface area contributed by atoms with Gasteiger partial charge in [-0.3, -0.25) is 14.7 Å². The van der Waals surface area contributed by atoms with Gasteiger partial charge < -0.3 is 4.90 Å². The predicted molar refractivity (Wildman–Crippen MR) is 102 cm³/mol. The molecule has 1 aromatic heterocycles. The summed E-state index contributed by atoms with van der Waals surface area (Å²) in [6.07, 6.45) is 7.95. The van der Waals surface area contributed by atoms with Gasteiger partial charge in [-0.1, -0.05) is 30.3 Å². The lowest BCUT2D eigenvalue weighted by atomic mass is 9.95. The van der Waals surface area contributed by atoms with Crippen LogP contribution in [0.4, 0.5) is 0 Å². The van der Waals surface area contributed by atoms with Crippen molar-refractivity contribution < 1.29 is 4.79 Å². The number of carbonyl (C=O) groups excluding carboxylic acids is 1. The first-order chi connectivity index (χ1) is 12.8. The normalized spacial score (nSPS) is 23.9. The van der Waals surface area contributed by atoms with Crippen LogP contribution in [0.3, 0.4) is 0 Å². The molecule has 0 aliphatic carbocycles. The molecule has 1 amide bonds. The summed E-state index contributed by atoms with van der Waals surface area (Å²) in [5.74, 6) is 0.483. The number of benzene rings is 1. The molecule has 2 aliphatic rings. The van der Waals surface area contributed by atoms with Gasteiger partial charge in [0.05, 0.1) is 12.0 Å². The lowest BCUT2D eigenvalue weighted by Crippen LogP contribution is -2.44. The Balaban J connectivity index is 1.42. The van der Waals surface area contributed by atoms with Gasteiger partial charge in [-0.2, -0.15) is 0 Å². The summed E-state index contributed by atoms with van der Waals surface area (Å²) in [5, 5.41) is 0. The maximum atomic E-state index is 13.3. The van der Waals surface area contributed by atoms with E-state index in [9.17, 15) is 4.79 Å². The fourth-order valence-corrected chi connectivity index (χ4v) is 4.44. The Morgan fingerprint density at radius 1 is 1.00 bits per heavy atom. The molecule has 136 valence electrons. The van der Waals surface area contributed by atoms with Crippen LogP contribution in [0.5, 0.6) is 0 Å². The molecule has 3 heterocycles. The average Bonchev–Trinajstić information content (AvgIpc) is 3.19. The summed E-state index contributed by atoms with van der Waals surface area (Å²) in [6, 6.07) is 14.9. The van der Waals surface area contributed by atoms with Gasteiger partial charge in [0, 0.05) is 32.0 Å². The van der Waals surface area contributed by atoms with E-state index in [1.165, 1.54) is 11.1 Å². The number of piperidine rings is 1. The average molecular weight is 349 g/mol. The summed E-state index contributed by atoms with van der Waals surface area (Å²) >= 11 is 0. The maximum absolute atomic E-state index is 13.3. The van der Waals surface area contributed by atoms with Crippen LogP contribution in [0.1, 0.15) is 42.9 Å². The molecule has 0 unspecified atom stereocenters. The van der Waals surface area contributed by atoms with E-state index >= 15 is 0 Å². The van der Waals surface area contributed by atoms with Crippen LogP contribution >= 0.6 is 0 Å². The molecule has 0 N–H and O–H groups in total. The van der Waals surface area contributed by atoms with E-state index in [0.717, 1.165) is 51.9 Å². The molecule has 2 atom stereocenters. The lowest BCUT2D eigenvalue weighted by molar-refractivity contribution is -0.138. The van der Waals surface area contributed by atoms with Gasteiger partial charge in [0.1, 0.15) is 0 Å². The van der Waals surface area contributed by atoms with E-state index in [0.29, 0.717) is 5.91 Å². The van der Waals surface area contributed by atoms with Crippen LogP contribution in [0, 0.1) is 5.92 Å². The van der Waals surface area contributed by atoms with Crippen molar-refractivity contribution in [3.8, 4) is 0 Å². The molecule has 0 radical (unpaired) electrons. The summed E-state index contributed by atoms with van der Waals surface area (Å²) in [6.45, 7) is 3.80. The van der Waals surface area contributed by atoms with Crippen LogP contribution < -0.4 is 0 Å². The third-order valence-corrected chi connectivity index (χ3v) is 5.73. The minimum absolute atomic E-state index is 0.134. The zero-order valence-corrected chi connectivity index (χ0v) is 15.3. The smallest absolute Gasteiger partial charge is 0.227 e. The molecule has 26 heavy (non-hydrogen) atoms. The topological polar surface area (TPSA) is 36.4 Å². The van der Waals surface area contributed by atoms with Crippen molar-refractivity contribution in [3.05, 3.63) is 66.0 Å². The van der Waals surface area contributed by atoms with Crippen LogP contribution in [-0.4, -0.2) is 40.3 Å². The first kappa shape index (κ1) is 17.2.